The molecule has 0 aromatic carbocycles. The minimum Gasteiger partial charge on any atom is -0.469 e. The van der Waals surface area contributed by atoms with Crippen LogP contribution < -0.4 is 10.6 Å². The Hall–Kier alpha value is -1.52. The van der Waals surface area contributed by atoms with Gasteiger partial charge in [-0.1, -0.05) is 6.92 Å². The molecule has 7 nitrogen and oxygen atoms in total. The molecule has 0 radical (unpaired) electrons. The topological polar surface area (TPSA) is 86.2 Å². The molecule has 2 atom stereocenters. The smallest absolute Gasteiger partial charge is 0.191 e. The highest BCUT2D eigenvalue weighted by atomic mass is 127. The zero-order chi connectivity index (χ0) is 19.8. The number of likely N-dealkylation sites (tertiary alicyclic amines) is 1. The van der Waals surface area contributed by atoms with Crippen LogP contribution in [0.15, 0.2) is 50.6 Å². The molecular weight excluding hydrogens is 483 g/mol. The lowest BCUT2D eigenvalue weighted by Crippen LogP contribution is -2.45. The number of halogens is 1. The van der Waals surface area contributed by atoms with E-state index < -0.39 is 5.60 Å². The van der Waals surface area contributed by atoms with Crippen molar-refractivity contribution in [1.29, 1.82) is 0 Å². The van der Waals surface area contributed by atoms with Gasteiger partial charge in [0.2, 0.25) is 0 Å². The maximum atomic E-state index is 10.7. The molecule has 1 fully saturated rings. The Labute approximate surface area is 190 Å². The van der Waals surface area contributed by atoms with Crippen LogP contribution >= 0.6 is 24.0 Å². The van der Waals surface area contributed by atoms with Crippen LogP contribution in [0.2, 0.25) is 0 Å². The Morgan fingerprint density at radius 1 is 1.28 bits per heavy atom. The molecule has 2 unspecified atom stereocenters. The van der Waals surface area contributed by atoms with Crippen molar-refractivity contribution in [2.24, 2.45) is 4.99 Å². The zero-order valence-corrected chi connectivity index (χ0v) is 19.6. The molecule has 0 bridgehead atoms. The molecule has 1 aliphatic heterocycles. The summed E-state index contributed by atoms with van der Waals surface area (Å²) in [6.45, 7) is 7.89. The van der Waals surface area contributed by atoms with Gasteiger partial charge in [-0.05, 0) is 57.1 Å². The lowest BCUT2D eigenvalue weighted by Gasteiger charge is -2.24. The molecule has 0 saturated carbocycles. The predicted octanol–water partition coefficient (Wildman–Crippen LogP) is 2.96. The van der Waals surface area contributed by atoms with Gasteiger partial charge < -0.3 is 24.6 Å². The number of nitrogens with one attached hydrogen (secondary N) is 2. The fourth-order valence-electron chi connectivity index (χ4n) is 3.59. The summed E-state index contributed by atoms with van der Waals surface area (Å²) in [5, 5.41) is 17.5. The van der Waals surface area contributed by atoms with Crippen LogP contribution in [0.1, 0.15) is 38.2 Å². The van der Waals surface area contributed by atoms with Crippen LogP contribution in [-0.4, -0.2) is 54.7 Å². The van der Waals surface area contributed by atoms with E-state index in [4.69, 9.17) is 8.83 Å². The third-order valence-electron chi connectivity index (χ3n) is 5.25. The van der Waals surface area contributed by atoms with Crippen molar-refractivity contribution in [2.75, 3.05) is 32.7 Å². The third kappa shape index (κ3) is 7.04. The molecule has 2 aromatic heterocycles. The van der Waals surface area contributed by atoms with Crippen molar-refractivity contribution in [3.63, 3.8) is 0 Å². The van der Waals surface area contributed by atoms with Crippen molar-refractivity contribution < 1.29 is 13.9 Å². The summed E-state index contributed by atoms with van der Waals surface area (Å²) in [6.07, 6.45) is 6.46. The second kappa shape index (κ2) is 11.6. The summed E-state index contributed by atoms with van der Waals surface area (Å²) in [6, 6.07) is 7.92. The number of aliphatic hydroxyl groups is 1. The number of rotatable bonds is 9. The van der Waals surface area contributed by atoms with Crippen LogP contribution in [0.25, 0.3) is 0 Å². The fraction of sp³-hybridized carbons (Fsp3) is 0.571. The molecule has 3 N–H and O–H groups in total. The molecule has 8 heteroatoms. The van der Waals surface area contributed by atoms with E-state index in [1.54, 1.807) is 31.6 Å². The highest BCUT2D eigenvalue weighted by molar-refractivity contribution is 14.0. The predicted molar refractivity (Wildman–Crippen MR) is 125 cm³/mol. The Kier molecular flexibility index (Phi) is 9.51. The van der Waals surface area contributed by atoms with E-state index in [1.165, 1.54) is 12.8 Å². The van der Waals surface area contributed by atoms with Crippen LogP contribution in [0.4, 0.5) is 0 Å². The molecule has 3 heterocycles. The van der Waals surface area contributed by atoms with Gasteiger partial charge in [0.05, 0.1) is 19.1 Å². The Bertz CT molecular complexity index is 716. The number of hydrogen-bond donors (Lipinski definition) is 3. The molecule has 0 spiro atoms. The number of furan rings is 2. The first-order valence-electron chi connectivity index (χ1n) is 10.1. The summed E-state index contributed by atoms with van der Waals surface area (Å²) in [5.41, 5.74) is -1.15. The molecule has 3 rings (SSSR count). The highest BCUT2D eigenvalue weighted by Gasteiger charge is 2.26. The normalized spacial score (nSPS) is 19.6. The molecule has 162 valence electrons. The van der Waals surface area contributed by atoms with Gasteiger partial charge in [-0.25, -0.2) is 4.99 Å². The second-order valence-electron chi connectivity index (χ2n) is 7.48. The SMILES string of the molecule is CCN1CCCC1CNC(=NCC(C)(O)c1ccco1)NCCc1ccco1.I. The van der Waals surface area contributed by atoms with Crippen molar-refractivity contribution in [3.8, 4) is 0 Å². The van der Waals surface area contributed by atoms with Crippen LogP contribution in [0, 0.1) is 0 Å². The Balaban J connectivity index is 0.00000300. The lowest BCUT2D eigenvalue weighted by molar-refractivity contribution is 0.0437. The second-order valence-corrected chi connectivity index (χ2v) is 7.48. The van der Waals surface area contributed by atoms with E-state index in [0.717, 1.165) is 31.8 Å². The summed E-state index contributed by atoms with van der Waals surface area (Å²) in [7, 11) is 0. The summed E-state index contributed by atoms with van der Waals surface area (Å²) >= 11 is 0. The van der Waals surface area contributed by atoms with E-state index in [2.05, 4.69) is 27.4 Å². The summed E-state index contributed by atoms with van der Waals surface area (Å²) in [5.74, 6) is 2.14. The van der Waals surface area contributed by atoms with Crippen LogP contribution in [0.3, 0.4) is 0 Å². The minimum absolute atomic E-state index is 0. The van der Waals surface area contributed by atoms with E-state index >= 15 is 0 Å². The first kappa shape index (κ1) is 23.8. The average molecular weight is 516 g/mol. The lowest BCUT2D eigenvalue weighted by atomic mass is 10.0. The first-order valence-corrected chi connectivity index (χ1v) is 10.1. The van der Waals surface area contributed by atoms with Gasteiger partial charge in [0.25, 0.3) is 0 Å². The van der Waals surface area contributed by atoms with Gasteiger partial charge in [0.15, 0.2) is 5.96 Å². The molecule has 1 aliphatic rings. The number of guanidine groups is 1. The highest BCUT2D eigenvalue weighted by Crippen LogP contribution is 2.21. The van der Waals surface area contributed by atoms with Gasteiger partial charge in [-0.15, -0.1) is 24.0 Å². The molecule has 1 saturated heterocycles. The molecule has 0 aliphatic carbocycles. The third-order valence-corrected chi connectivity index (χ3v) is 5.25. The summed E-state index contributed by atoms with van der Waals surface area (Å²) < 4.78 is 10.7. The van der Waals surface area contributed by atoms with E-state index in [0.29, 0.717) is 24.3 Å². The fourth-order valence-corrected chi connectivity index (χ4v) is 3.59. The van der Waals surface area contributed by atoms with Crippen molar-refractivity contribution in [2.45, 2.75) is 44.8 Å². The maximum absolute atomic E-state index is 10.7. The van der Waals surface area contributed by atoms with Crippen molar-refractivity contribution in [3.05, 3.63) is 48.3 Å². The van der Waals surface area contributed by atoms with E-state index in [-0.39, 0.29) is 30.5 Å². The van der Waals surface area contributed by atoms with Gasteiger partial charge >= 0.3 is 0 Å². The quantitative estimate of drug-likeness (QED) is 0.270. The van der Waals surface area contributed by atoms with E-state index in [9.17, 15) is 5.11 Å². The summed E-state index contributed by atoms with van der Waals surface area (Å²) in [4.78, 5) is 7.11. The number of hydrogen-bond acceptors (Lipinski definition) is 5. The van der Waals surface area contributed by atoms with E-state index in [1.807, 2.05) is 12.1 Å². The van der Waals surface area contributed by atoms with Gasteiger partial charge in [0, 0.05) is 25.6 Å². The molecule has 29 heavy (non-hydrogen) atoms. The zero-order valence-electron chi connectivity index (χ0n) is 17.3. The first-order chi connectivity index (χ1) is 13.6. The van der Waals surface area contributed by atoms with Crippen molar-refractivity contribution in [1.82, 2.24) is 15.5 Å². The van der Waals surface area contributed by atoms with Gasteiger partial charge in [-0.3, -0.25) is 4.90 Å². The number of aliphatic imine (C=N–C) groups is 1. The monoisotopic (exact) mass is 516 g/mol. The molecule has 2 aromatic rings. The number of nitrogens with zero attached hydrogens (tertiary/aromatic N) is 2. The molecular formula is C21H33IN4O3. The average Bonchev–Trinajstić information content (AvgIpc) is 3.45. The largest absolute Gasteiger partial charge is 0.469 e. The Morgan fingerprint density at radius 2 is 2.07 bits per heavy atom. The Morgan fingerprint density at radius 3 is 2.76 bits per heavy atom. The number of likely N-dealkylation sites (N-methyl/N-ethyl adjacent to an activating group) is 1. The van der Waals surface area contributed by atoms with Crippen LogP contribution in [0.5, 0.6) is 0 Å². The van der Waals surface area contributed by atoms with Gasteiger partial charge in [0.1, 0.15) is 17.1 Å². The maximum Gasteiger partial charge on any atom is 0.191 e. The van der Waals surface area contributed by atoms with Gasteiger partial charge in [-0.2, -0.15) is 0 Å². The van der Waals surface area contributed by atoms with Crippen LogP contribution in [-0.2, 0) is 12.0 Å². The van der Waals surface area contributed by atoms with Crippen molar-refractivity contribution >= 4 is 29.9 Å². The minimum atomic E-state index is -1.15. The molecule has 0 amide bonds. The standard InChI is InChI=1S/C21H32N4O3.HI/c1-3-25-12-4-7-17(25)15-23-20(22-11-10-18-8-5-13-27-18)24-16-21(2,26)19-9-6-14-28-19;/h5-6,8-9,13-14,17,26H,3-4,7,10-12,15-16H2,1-2H3,(H2,22,23,24);1H.